The van der Waals surface area contributed by atoms with Crippen LogP contribution in [0.3, 0.4) is 0 Å². The summed E-state index contributed by atoms with van der Waals surface area (Å²) in [7, 11) is 0. The number of imidazole rings is 1. The van der Waals surface area contributed by atoms with E-state index in [0.29, 0.717) is 23.0 Å². The third-order valence-electron chi connectivity index (χ3n) is 5.73. The lowest BCUT2D eigenvalue weighted by Gasteiger charge is -2.23. The van der Waals surface area contributed by atoms with Crippen molar-refractivity contribution < 1.29 is 22.6 Å². The normalized spacial score (nSPS) is 14.3. The monoisotopic (exact) mass is 454 g/mol. The highest BCUT2D eigenvalue weighted by Gasteiger charge is 2.31. The number of hydrogen-bond acceptors (Lipinski definition) is 5. The van der Waals surface area contributed by atoms with Gasteiger partial charge in [-0.15, -0.1) is 13.2 Å². The van der Waals surface area contributed by atoms with Crippen molar-refractivity contribution >= 4 is 11.3 Å². The lowest BCUT2D eigenvalue weighted by molar-refractivity contribution is -0.274. The largest absolute Gasteiger partial charge is 0.573 e. The molecule has 2 heterocycles. The summed E-state index contributed by atoms with van der Waals surface area (Å²) in [6.07, 6.45) is 2.20. The zero-order valence-electron chi connectivity index (χ0n) is 17.5. The third-order valence-corrected chi connectivity index (χ3v) is 5.73. The van der Waals surface area contributed by atoms with Gasteiger partial charge >= 0.3 is 6.36 Å². The van der Waals surface area contributed by atoms with E-state index in [1.165, 1.54) is 24.6 Å². The van der Waals surface area contributed by atoms with Crippen LogP contribution in [-0.4, -0.2) is 20.7 Å². The number of nitrogens with two attached hydrogens (primary N) is 1. The molecular weight excluding hydrogens is 433 g/mol. The molecule has 0 radical (unpaired) electrons. The molecule has 1 aliphatic carbocycles. The Balaban J connectivity index is 1.41. The minimum atomic E-state index is -4.74. The van der Waals surface area contributed by atoms with Gasteiger partial charge in [-0.05, 0) is 42.7 Å². The van der Waals surface area contributed by atoms with E-state index in [2.05, 4.69) is 9.72 Å². The van der Waals surface area contributed by atoms with Crippen LogP contribution >= 0.6 is 0 Å². The maximum atomic E-state index is 12.5. The number of hydrogen-bond donors (Lipinski definition) is 1. The zero-order chi connectivity index (χ0) is 23.0. The quantitative estimate of drug-likeness (QED) is 0.403. The topological polar surface area (TPSA) is 74.7 Å². The SMILES string of the molecule is Nc1nccn2c(C3CCC3)nc(-c3cccc(OCc4cccc(OC(F)(F)F)c4)c3)c12. The highest BCUT2D eigenvalue weighted by molar-refractivity contribution is 5.85. The first-order valence-electron chi connectivity index (χ1n) is 10.6. The lowest BCUT2D eigenvalue weighted by Crippen LogP contribution is -2.17. The maximum Gasteiger partial charge on any atom is 0.573 e. The standard InChI is InChI=1S/C24H21F3N4O2/c25-24(26,27)33-19-9-1-4-15(12-19)14-32-18-8-3-7-17(13-18)20-21-22(28)29-10-11-31(21)23(30-20)16-5-2-6-16/h1,3-4,7-13,16H,2,5-6,14H2,(H2,28,29). The van der Waals surface area contributed by atoms with Gasteiger partial charge in [0.25, 0.3) is 0 Å². The van der Waals surface area contributed by atoms with E-state index in [-0.39, 0.29) is 12.4 Å². The van der Waals surface area contributed by atoms with Crippen LogP contribution in [0.25, 0.3) is 16.8 Å². The summed E-state index contributed by atoms with van der Waals surface area (Å²) in [6, 6.07) is 13.1. The second kappa shape index (κ2) is 8.31. The first-order valence-corrected chi connectivity index (χ1v) is 10.6. The molecule has 1 aliphatic rings. The van der Waals surface area contributed by atoms with Crippen molar-refractivity contribution in [3.05, 3.63) is 72.3 Å². The molecule has 0 unspecified atom stereocenters. The van der Waals surface area contributed by atoms with Crippen molar-refractivity contribution in [2.45, 2.75) is 38.1 Å². The molecule has 0 spiro atoms. The molecule has 33 heavy (non-hydrogen) atoms. The summed E-state index contributed by atoms with van der Waals surface area (Å²) in [6.45, 7) is 0.0828. The van der Waals surface area contributed by atoms with E-state index >= 15 is 0 Å². The molecule has 2 N–H and O–H groups in total. The Labute approximate surface area is 187 Å². The number of anilines is 1. The average Bonchev–Trinajstić information content (AvgIpc) is 3.11. The third kappa shape index (κ3) is 4.44. The van der Waals surface area contributed by atoms with Gasteiger partial charge in [-0.2, -0.15) is 0 Å². The van der Waals surface area contributed by atoms with E-state index in [1.807, 2.05) is 28.8 Å². The Hall–Kier alpha value is -3.75. The Morgan fingerprint density at radius 3 is 2.61 bits per heavy atom. The second-order valence-electron chi connectivity index (χ2n) is 7.99. The van der Waals surface area contributed by atoms with Gasteiger partial charge in [0, 0.05) is 23.9 Å². The number of aromatic nitrogens is 3. The van der Waals surface area contributed by atoms with Gasteiger partial charge in [-0.3, -0.25) is 4.40 Å². The fraction of sp³-hybridized carbons (Fsp3) is 0.250. The number of nitrogens with zero attached hydrogens (tertiary/aromatic N) is 3. The minimum absolute atomic E-state index is 0.0828. The molecule has 9 heteroatoms. The fourth-order valence-corrected chi connectivity index (χ4v) is 3.98. The second-order valence-corrected chi connectivity index (χ2v) is 7.99. The molecule has 170 valence electrons. The van der Waals surface area contributed by atoms with Crippen molar-refractivity contribution in [2.24, 2.45) is 0 Å². The predicted octanol–water partition coefficient (Wildman–Crippen LogP) is 5.72. The van der Waals surface area contributed by atoms with Gasteiger partial charge in [0.05, 0.1) is 0 Å². The average molecular weight is 454 g/mol. The highest BCUT2D eigenvalue weighted by atomic mass is 19.4. The van der Waals surface area contributed by atoms with Gasteiger partial charge < -0.3 is 15.2 Å². The maximum absolute atomic E-state index is 12.5. The summed E-state index contributed by atoms with van der Waals surface area (Å²) >= 11 is 0. The number of alkyl halides is 3. The minimum Gasteiger partial charge on any atom is -0.489 e. The van der Waals surface area contributed by atoms with Gasteiger partial charge in [0.2, 0.25) is 0 Å². The van der Waals surface area contributed by atoms with Crippen molar-refractivity contribution in [1.82, 2.24) is 14.4 Å². The first-order chi connectivity index (χ1) is 15.9. The van der Waals surface area contributed by atoms with Gasteiger partial charge in [0.15, 0.2) is 0 Å². The molecule has 2 aromatic heterocycles. The van der Waals surface area contributed by atoms with E-state index in [0.717, 1.165) is 35.4 Å². The van der Waals surface area contributed by atoms with Crippen molar-refractivity contribution in [3.8, 4) is 22.8 Å². The van der Waals surface area contributed by atoms with Crippen LogP contribution in [-0.2, 0) is 6.61 Å². The fourth-order valence-electron chi connectivity index (χ4n) is 3.98. The van der Waals surface area contributed by atoms with Crippen LogP contribution in [0.4, 0.5) is 19.0 Å². The van der Waals surface area contributed by atoms with Crippen LogP contribution in [0, 0.1) is 0 Å². The van der Waals surface area contributed by atoms with E-state index in [9.17, 15) is 13.2 Å². The molecule has 0 atom stereocenters. The smallest absolute Gasteiger partial charge is 0.489 e. The molecule has 0 aliphatic heterocycles. The van der Waals surface area contributed by atoms with Crippen LogP contribution in [0.1, 0.15) is 36.6 Å². The Morgan fingerprint density at radius 2 is 1.85 bits per heavy atom. The molecule has 5 rings (SSSR count). The van der Waals surface area contributed by atoms with Crippen LogP contribution in [0.15, 0.2) is 60.9 Å². The van der Waals surface area contributed by atoms with Gasteiger partial charge in [-0.1, -0.05) is 30.7 Å². The van der Waals surface area contributed by atoms with Crippen molar-refractivity contribution in [2.75, 3.05) is 5.73 Å². The number of ether oxygens (including phenoxy) is 2. The summed E-state index contributed by atoms with van der Waals surface area (Å²) in [4.78, 5) is 9.15. The number of rotatable bonds is 6. The number of fused-ring (bicyclic) bond motifs is 1. The molecule has 0 amide bonds. The molecular formula is C24H21F3N4O2. The Kier molecular flexibility index (Phi) is 5.32. The zero-order valence-corrected chi connectivity index (χ0v) is 17.5. The van der Waals surface area contributed by atoms with E-state index in [4.69, 9.17) is 15.5 Å². The predicted molar refractivity (Wildman–Crippen MR) is 117 cm³/mol. The molecule has 1 fully saturated rings. The summed E-state index contributed by atoms with van der Waals surface area (Å²) in [5.41, 5.74) is 9.07. The highest BCUT2D eigenvalue weighted by Crippen LogP contribution is 2.39. The molecule has 2 aromatic carbocycles. The van der Waals surface area contributed by atoms with Crippen molar-refractivity contribution in [3.63, 3.8) is 0 Å². The molecule has 4 aromatic rings. The van der Waals surface area contributed by atoms with Gasteiger partial charge in [-0.25, -0.2) is 9.97 Å². The van der Waals surface area contributed by atoms with Crippen LogP contribution < -0.4 is 15.2 Å². The number of nitrogen functional groups attached to an aromatic ring is 1. The summed E-state index contributed by atoms with van der Waals surface area (Å²) in [5.74, 6) is 2.06. The van der Waals surface area contributed by atoms with Gasteiger partial charge in [0.1, 0.15) is 41.0 Å². The summed E-state index contributed by atoms with van der Waals surface area (Å²) in [5, 5.41) is 0. The Bertz CT molecular complexity index is 1300. The first kappa shape index (κ1) is 21.1. The molecule has 1 saturated carbocycles. The summed E-state index contributed by atoms with van der Waals surface area (Å²) < 4.78 is 49.3. The number of benzene rings is 2. The van der Waals surface area contributed by atoms with Crippen LogP contribution in [0.5, 0.6) is 11.5 Å². The molecule has 6 nitrogen and oxygen atoms in total. The molecule has 0 bridgehead atoms. The van der Waals surface area contributed by atoms with Crippen LogP contribution in [0.2, 0.25) is 0 Å². The number of halogens is 3. The van der Waals surface area contributed by atoms with E-state index < -0.39 is 6.36 Å². The van der Waals surface area contributed by atoms with Crippen molar-refractivity contribution in [1.29, 1.82) is 0 Å². The Morgan fingerprint density at radius 1 is 1.06 bits per heavy atom. The van der Waals surface area contributed by atoms with E-state index in [1.54, 1.807) is 18.3 Å². The lowest BCUT2D eigenvalue weighted by atomic mass is 9.85. The molecule has 0 saturated heterocycles.